The largest absolute Gasteiger partial charge is 0.293 e. The van der Waals surface area contributed by atoms with Crippen molar-refractivity contribution in [3.05, 3.63) is 11.9 Å². The summed E-state index contributed by atoms with van der Waals surface area (Å²) in [5.41, 5.74) is 0.241. The Morgan fingerprint density at radius 1 is 1.56 bits per heavy atom. The summed E-state index contributed by atoms with van der Waals surface area (Å²) in [7, 11) is 0. The van der Waals surface area contributed by atoms with Gasteiger partial charge in [-0.25, -0.2) is 0 Å². The van der Waals surface area contributed by atoms with Crippen LogP contribution in [0.25, 0.3) is 0 Å². The van der Waals surface area contributed by atoms with E-state index in [0.717, 1.165) is 0 Å². The Balaban J connectivity index is 4.32. The molecular formula is C6H8N2O. The second-order valence-electron chi connectivity index (χ2n) is 1.41. The summed E-state index contributed by atoms with van der Waals surface area (Å²) in [6.07, 6.45) is 1.27. The number of Topliss-reactive ketones (excluding diaryl/α,β-unsaturated/α-hetero) is 1. The number of allylic oxidation sites excluding steroid dienone is 1. The second-order valence-corrected chi connectivity index (χ2v) is 1.41. The van der Waals surface area contributed by atoms with E-state index in [2.05, 4.69) is 23.4 Å². The van der Waals surface area contributed by atoms with Crippen molar-refractivity contribution in [2.24, 2.45) is 9.98 Å². The molecule has 0 N–H and O–H groups in total. The molecule has 0 aliphatic carbocycles. The molecule has 0 aromatic heterocycles. The summed E-state index contributed by atoms with van der Waals surface area (Å²) in [5.74, 6) is -0.155. The molecule has 48 valence electrons. The van der Waals surface area contributed by atoms with Gasteiger partial charge in [0.2, 0.25) is 0 Å². The van der Waals surface area contributed by atoms with Crippen molar-refractivity contribution in [3.63, 3.8) is 0 Å². The van der Waals surface area contributed by atoms with Crippen LogP contribution in [0.5, 0.6) is 0 Å². The first-order valence-corrected chi connectivity index (χ1v) is 2.36. The summed E-state index contributed by atoms with van der Waals surface area (Å²) in [5, 5.41) is 0. The Morgan fingerprint density at radius 3 is 2.22 bits per heavy atom. The monoisotopic (exact) mass is 124 g/mol. The number of rotatable bonds is 3. The van der Waals surface area contributed by atoms with Crippen LogP contribution < -0.4 is 0 Å². The number of carbonyl (C=O) groups is 1. The standard InChI is InChI=1S/C6H8N2O/c1-5(9)6(8-3)4-7-2/h4H,2-3H2,1H3/b6-4-. The van der Waals surface area contributed by atoms with Crippen LogP contribution in [0.4, 0.5) is 0 Å². The van der Waals surface area contributed by atoms with Crippen molar-refractivity contribution < 1.29 is 4.79 Å². The molecule has 9 heavy (non-hydrogen) atoms. The topological polar surface area (TPSA) is 41.8 Å². The molecule has 0 saturated carbocycles. The van der Waals surface area contributed by atoms with Crippen LogP contribution >= 0.6 is 0 Å². The minimum atomic E-state index is -0.155. The van der Waals surface area contributed by atoms with Gasteiger partial charge in [0.05, 0.1) is 6.20 Å². The van der Waals surface area contributed by atoms with E-state index in [4.69, 9.17) is 0 Å². The van der Waals surface area contributed by atoms with Gasteiger partial charge in [0.15, 0.2) is 5.78 Å². The third kappa shape index (κ3) is 2.54. The molecule has 0 unspecified atom stereocenters. The highest BCUT2D eigenvalue weighted by atomic mass is 16.1. The molecule has 3 heteroatoms. The van der Waals surface area contributed by atoms with Gasteiger partial charge in [0.1, 0.15) is 5.70 Å². The minimum absolute atomic E-state index is 0.155. The van der Waals surface area contributed by atoms with Crippen LogP contribution in [0.2, 0.25) is 0 Å². The maximum absolute atomic E-state index is 10.5. The van der Waals surface area contributed by atoms with Gasteiger partial charge in [-0.2, -0.15) is 0 Å². The molecule has 0 aromatic rings. The van der Waals surface area contributed by atoms with E-state index in [0.29, 0.717) is 0 Å². The Hall–Kier alpha value is -1.25. The number of hydrogen-bond acceptors (Lipinski definition) is 3. The molecule has 0 bridgehead atoms. The molecule has 0 rings (SSSR count). The maximum Gasteiger partial charge on any atom is 0.179 e. The van der Waals surface area contributed by atoms with Gasteiger partial charge in [-0.3, -0.25) is 14.8 Å². The number of hydrogen-bond donors (Lipinski definition) is 0. The summed E-state index contributed by atoms with van der Waals surface area (Å²) >= 11 is 0. The van der Waals surface area contributed by atoms with E-state index >= 15 is 0 Å². The molecule has 0 aromatic carbocycles. The summed E-state index contributed by atoms with van der Waals surface area (Å²) in [6.45, 7) is 7.73. The summed E-state index contributed by atoms with van der Waals surface area (Å²) in [4.78, 5) is 17.2. The van der Waals surface area contributed by atoms with Crippen molar-refractivity contribution in [2.75, 3.05) is 0 Å². The lowest BCUT2D eigenvalue weighted by atomic mass is 10.3. The van der Waals surface area contributed by atoms with Gasteiger partial charge in [-0.15, -0.1) is 0 Å². The third-order valence-corrected chi connectivity index (χ3v) is 0.745. The third-order valence-electron chi connectivity index (χ3n) is 0.745. The van der Waals surface area contributed by atoms with Crippen molar-refractivity contribution in [2.45, 2.75) is 6.92 Å². The van der Waals surface area contributed by atoms with Gasteiger partial charge in [0.25, 0.3) is 0 Å². The normalized spacial score (nSPS) is 10.6. The average molecular weight is 124 g/mol. The predicted molar refractivity (Wildman–Crippen MR) is 37.9 cm³/mol. The van der Waals surface area contributed by atoms with Crippen molar-refractivity contribution in [1.82, 2.24) is 0 Å². The van der Waals surface area contributed by atoms with Crippen molar-refractivity contribution in [3.8, 4) is 0 Å². The molecule has 3 nitrogen and oxygen atoms in total. The summed E-state index contributed by atoms with van der Waals surface area (Å²) < 4.78 is 0. The van der Waals surface area contributed by atoms with Crippen LogP contribution in [0, 0.1) is 0 Å². The Morgan fingerprint density at radius 2 is 2.11 bits per heavy atom. The first-order valence-electron chi connectivity index (χ1n) is 2.36. The highest BCUT2D eigenvalue weighted by Crippen LogP contribution is 1.95. The molecule has 0 radical (unpaired) electrons. The molecular weight excluding hydrogens is 116 g/mol. The zero-order chi connectivity index (χ0) is 7.28. The highest BCUT2D eigenvalue weighted by Gasteiger charge is 1.96. The lowest BCUT2D eigenvalue weighted by Gasteiger charge is -1.87. The molecule has 0 amide bonds. The van der Waals surface area contributed by atoms with Gasteiger partial charge >= 0.3 is 0 Å². The molecule has 0 aliphatic heterocycles. The fraction of sp³-hybridized carbons (Fsp3) is 0.167. The summed E-state index contributed by atoms with van der Waals surface area (Å²) in [6, 6.07) is 0. The van der Waals surface area contributed by atoms with Gasteiger partial charge in [-0.1, -0.05) is 0 Å². The Bertz CT molecular complexity index is 170. The quantitative estimate of drug-likeness (QED) is 0.405. The Labute approximate surface area is 53.8 Å². The SMILES string of the molecule is C=N/C=C(\N=C)C(C)=O. The highest BCUT2D eigenvalue weighted by molar-refractivity contribution is 5.93. The predicted octanol–water partition coefficient (Wildman–Crippen LogP) is 0.818. The molecule has 0 heterocycles. The van der Waals surface area contributed by atoms with Gasteiger partial charge in [-0.05, 0) is 13.4 Å². The van der Waals surface area contributed by atoms with Gasteiger partial charge < -0.3 is 0 Å². The molecule has 0 atom stereocenters. The minimum Gasteiger partial charge on any atom is -0.293 e. The van der Waals surface area contributed by atoms with Gasteiger partial charge in [0, 0.05) is 6.92 Å². The van der Waals surface area contributed by atoms with E-state index in [1.165, 1.54) is 13.1 Å². The molecule has 0 spiro atoms. The van der Waals surface area contributed by atoms with Crippen molar-refractivity contribution in [1.29, 1.82) is 0 Å². The van der Waals surface area contributed by atoms with E-state index in [9.17, 15) is 4.79 Å². The van der Waals surface area contributed by atoms with Crippen molar-refractivity contribution >= 4 is 19.2 Å². The fourth-order valence-corrected chi connectivity index (χ4v) is 0.330. The van der Waals surface area contributed by atoms with E-state index < -0.39 is 0 Å². The fourth-order valence-electron chi connectivity index (χ4n) is 0.330. The first kappa shape index (κ1) is 7.75. The average Bonchev–Trinajstić information content (AvgIpc) is 1.82. The van der Waals surface area contributed by atoms with Crippen LogP contribution in [-0.4, -0.2) is 19.2 Å². The van der Waals surface area contributed by atoms with Crippen LogP contribution in [-0.2, 0) is 4.79 Å². The number of nitrogens with zero attached hydrogens (tertiary/aromatic N) is 2. The zero-order valence-corrected chi connectivity index (χ0v) is 5.29. The zero-order valence-electron chi connectivity index (χ0n) is 5.29. The lowest BCUT2D eigenvalue weighted by molar-refractivity contribution is -0.113. The number of aliphatic imine (C=N–C) groups is 2. The number of carbonyl (C=O) groups excluding carboxylic acids is 1. The molecule has 0 aliphatic rings. The smallest absolute Gasteiger partial charge is 0.179 e. The molecule has 0 fully saturated rings. The number of ketones is 1. The van der Waals surface area contributed by atoms with E-state index in [1.54, 1.807) is 0 Å². The lowest BCUT2D eigenvalue weighted by Crippen LogP contribution is -1.91. The van der Waals surface area contributed by atoms with Crippen LogP contribution in [0.3, 0.4) is 0 Å². The second kappa shape index (κ2) is 3.72. The van der Waals surface area contributed by atoms with Crippen LogP contribution in [0.15, 0.2) is 21.9 Å². The van der Waals surface area contributed by atoms with E-state index in [1.807, 2.05) is 0 Å². The Kier molecular flexibility index (Phi) is 3.20. The first-order chi connectivity index (χ1) is 4.22. The van der Waals surface area contributed by atoms with Crippen LogP contribution in [0.1, 0.15) is 6.92 Å². The maximum atomic E-state index is 10.5. The van der Waals surface area contributed by atoms with E-state index in [-0.39, 0.29) is 11.5 Å². The molecule has 0 saturated heterocycles.